The molecule has 0 N–H and O–H groups in total. The topological polar surface area (TPSA) is 17.3 Å². The van der Waals surface area contributed by atoms with Gasteiger partial charge >= 0.3 is 0 Å². The average molecular weight is 110 g/mol. The average Bonchev–Trinajstić information content (AvgIpc) is 2.19. The number of aliphatic imine (C=N–C) groups is 1. The molecule has 8 heavy (non-hydrogen) atoms. The maximum atomic E-state index is 3.90. The lowest BCUT2D eigenvalue weighted by Crippen LogP contribution is -2.13. The molecule has 0 spiro atoms. The van der Waals surface area contributed by atoms with E-state index in [0.717, 1.165) is 6.54 Å². The SMILES string of the molecule is CCCN1C=C[N+]=C1. The summed E-state index contributed by atoms with van der Waals surface area (Å²) in [6.45, 7) is 3.24. The van der Waals surface area contributed by atoms with Crippen LogP contribution in [0.4, 0.5) is 0 Å². The van der Waals surface area contributed by atoms with Gasteiger partial charge in [-0.15, -0.1) is 0 Å². The summed E-state index contributed by atoms with van der Waals surface area (Å²) in [7, 11) is 0. The van der Waals surface area contributed by atoms with Gasteiger partial charge in [-0.25, -0.2) is 4.90 Å². The molecule has 1 heterocycles. The summed E-state index contributed by atoms with van der Waals surface area (Å²) in [6.07, 6.45) is 6.79. The number of hydrogen-bond donors (Lipinski definition) is 0. The summed E-state index contributed by atoms with van der Waals surface area (Å²) in [6, 6.07) is 0. The van der Waals surface area contributed by atoms with Gasteiger partial charge < -0.3 is 0 Å². The maximum Gasteiger partial charge on any atom is 0.286 e. The van der Waals surface area contributed by atoms with Crippen molar-refractivity contribution in [1.29, 1.82) is 0 Å². The molecule has 0 aromatic rings. The van der Waals surface area contributed by atoms with Crippen molar-refractivity contribution in [3.05, 3.63) is 12.4 Å². The molecule has 1 aliphatic rings. The highest BCUT2D eigenvalue weighted by Gasteiger charge is 2.05. The molecule has 0 atom stereocenters. The Labute approximate surface area is 49.5 Å². The predicted molar refractivity (Wildman–Crippen MR) is 34.3 cm³/mol. The standard InChI is InChI=1S/C6H10N2/c1-2-4-8-5-3-7-6-8/h3,5-6H,2,4H2,1H3/q+1. The van der Waals surface area contributed by atoms with E-state index in [1.165, 1.54) is 6.42 Å². The van der Waals surface area contributed by atoms with E-state index in [1.54, 1.807) is 6.20 Å². The van der Waals surface area contributed by atoms with E-state index in [4.69, 9.17) is 0 Å². The zero-order valence-corrected chi connectivity index (χ0v) is 5.04. The van der Waals surface area contributed by atoms with Crippen molar-refractivity contribution in [3.63, 3.8) is 0 Å². The molecule has 0 amide bonds. The van der Waals surface area contributed by atoms with Gasteiger partial charge in [0.15, 0.2) is 6.20 Å². The lowest BCUT2D eigenvalue weighted by Gasteiger charge is -1.97. The molecule has 43 valence electrons. The van der Waals surface area contributed by atoms with Gasteiger partial charge in [0.1, 0.15) is 6.20 Å². The second-order valence-corrected chi connectivity index (χ2v) is 1.80. The van der Waals surface area contributed by atoms with Gasteiger partial charge in [-0.1, -0.05) is 11.9 Å². The largest absolute Gasteiger partial charge is 0.286 e. The van der Waals surface area contributed by atoms with Crippen LogP contribution in [0.25, 0.3) is 0 Å². The maximum absolute atomic E-state index is 3.90. The van der Waals surface area contributed by atoms with Crippen LogP contribution < -0.4 is 4.99 Å². The normalized spacial score (nSPS) is 15.9. The quantitative estimate of drug-likeness (QED) is 0.507. The zero-order chi connectivity index (χ0) is 5.82. The molecule has 1 aliphatic heterocycles. The van der Waals surface area contributed by atoms with Gasteiger partial charge in [-0.2, -0.15) is 0 Å². The molecule has 0 saturated heterocycles. The van der Waals surface area contributed by atoms with Crippen LogP contribution >= 0.6 is 0 Å². The Bertz CT molecular complexity index is 104. The summed E-state index contributed by atoms with van der Waals surface area (Å²) < 4.78 is 0. The fourth-order valence-electron chi connectivity index (χ4n) is 0.677. The van der Waals surface area contributed by atoms with Crippen LogP contribution in [-0.4, -0.2) is 17.8 Å². The van der Waals surface area contributed by atoms with Crippen molar-refractivity contribution in [3.8, 4) is 0 Å². The van der Waals surface area contributed by atoms with Crippen molar-refractivity contribution >= 4 is 6.34 Å². The van der Waals surface area contributed by atoms with E-state index in [9.17, 15) is 0 Å². The molecule has 0 unspecified atom stereocenters. The second-order valence-electron chi connectivity index (χ2n) is 1.80. The minimum Gasteiger partial charge on any atom is -0.233 e. The Kier molecular flexibility index (Phi) is 1.67. The summed E-state index contributed by atoms with van der Waals surface area (Å²) in [5, 5.41) is 0. The molecular formula is C6H10N2+. The Morgan fingerprint density at radius 3 is 3.00 bits per heavy atom. The van der Waals surface area contributed by atoms with E-state index >= 15 is 0 Å². The smallest absolute Gasteiger partial charge is 0.233 e. The highest BCUT2D eigenvalue weighted by Crippen LogP contribution is 1.90. The Balaban J connectivity index is 2.27. The van der Waals surface area contributed by atoms with Crippen LogP contribution in [0, 0.1) is 0 Å². The number of rotatable bonds is 2. The van der Waals surface area contributed by atoms with Crippen LogP contribution in [0.1, 0.15) is 13.3 Å². The number of hydrogen-bond acceptors (Lipinski definition) is 2. The Morgan fingerprint density at radius 2 is 2.50 bits per heavy atom. The zero-order valence-electron chi connectivity index (χ0n) is 5.04. The third-order valence-electron chi connectivity index (χ3n) is 1.04. The van der Waals surface area contributed by atoms with Gasteiger partial charge in [-0.05, 0) is 6.42 Å². The van der Waals surface area contributed by atoms with Crippen molar-refractivity contribution in [2.45, 2.75) is 13.3 Å². The van der Waals surface area contributed by atoms with E-state index in [-0.39, 0.29) is 0 Å². The van der Waals surface area contributed by atoms with Crippen molar-refractivity contribution in [2.24, 2.45) is 0 Å². The Hall–Kier alpha value is -0.790. The molecular weight excluding hydrogens is 100 g/mol. The van der Waals surface area contributed by atoms with Crippen LogP contribution in [0.15, 0.2) is 12.4 Å². The lowest BCUT2D eigenvalue weighted by atomic mass is 10.5. The molecule has 1 rings (SSSR count). The highest BCUT2D eigenvalue weighted by molar-refractivity contribution is 5.58. The molecule has 2 heteroatoms. The molecule has 0 fully saturated rings. The fraction of sp³-hybridized carbons (Fsp3) is 0.500. The predicted octanol–water partition coefficient (Wildman–Crippen LogP) is 0.547. The molecule has 0 bridgehead atoms. The van der Waals surface area contributed by atoms with Crippen LogP contribution in [-0.2, 0) is 0 Å². The molecule has 2 nitrogen and oxygen atoms in total. The molecule has 0 aromatic carbocycles. The Morgan fingerprint density at radius 1 is 1.62 bits per heavy atom. The van der Waals surface area contributed by atoms with Gasteiger partial charge in [0.05, 0.1) is 6.54 Å². The van der Waals surface area contributed by atoms with E-state index in [0.29, 0.717) is 0 Å². The third-order valence-corrected chi connectivity index (χ3v) is 1.04. The minimum absolute atomic E-state index is 1.08. The minimum atomic E-state index is 1.08. The van der Waals surface area contributed by atoms with E-state index < -0.39 is 0 Å². The number of nitrogens with zero attached hydrogens (tertiary/aromatic N) is 2. The van der Waals surface area contributed by atoms with Crippen LogP contribution in [0.3, 0.4) is 0 Å². The lowest BCUT2D eigenvalue weighted by molar-refractivity contribution is 0.571. The first-order valence-electron chi connectivity index (χ1n) is 2.89. The first-order valence-corrected chi connectivity index (χ1v) is 2.89. The first-order chi connectivity index (χ1) is 3.93. The first kappa shape index (κ1) is 5.35. The van der Waals surface area contributed by atoms with Gasteiger partial charge in [-0.3, -0.25) is 0 Å². The van der Waals surface area contributed by atoms with Crippen molar-refractivity contribution in [1.82, 2.24) is 9.89 Å². The molecule has 0 aliphatic carbocycles. The highest BCUT2D eigenvalue weighted by atomic mass is 15.2. The van der Waals surface area contributed by atoms with E-state index in [1.807, 2.05) is 12.5 Å². The molecule has 1 radical (unpaired) electrons. The van der Waals surface area contributed by atoms with Gasteiger partial charge in [0, 0.05) is 0 Å². The summed E-state index contributed by atoms with van der Waals surface area (Å²) in [5.41, 5.74) is 0. The monoisotopic (exact) mass is 110 g/mol. The van der Waals surface area contributed by atoms with E-state index in [2.05, 4.69) is 16.8 Å². The molecule has 0 saturated carbocycles. The van der Waals surface area contributed by atoms with Crippen LogP contribution in [0.5, 0.6) is 0 Å². The van der Waals surface area contributed by atoms with Crippen molar-refractivity contribution in [2.75, 3.05) is 6.54 Å². The third kappa shape index (κ3) is 1.09. The summed E-state index contributed by atoms with van der Waals surface area (Å²) >= 11 is 0. The van der Waals surface area contributed by atoms with Gasteiger partial charge in [0.2, 0.25) is 0 Å². The second kappa shape index (κ2) is 2.50. The van der Waals surface area contributed by atoms with Crippen LogP contribution in [0.2, 0.25) is 0 Å². The molecule has 0 aromatic heterocycles. The van der Waals surface area contributed by atoms with Crippen molar-refractivity contribution < 1.29 is 0 Å². The van der Waals surface area contributed by atoms with Gasteiger partial charge in [0.25, 0.3) is 6.34 Å². The summed E-state index contributed by atoms with van der Waals surface area (Å²) in [4.78, 5) is 5.97. The summed E-state index contributed by atoms with van der Waals surface area (Å²) in [5.74, 6) is 0. The fourth-order valence-corrected chi connectivity index (χ4v) is 0.677.